The van der Waals surface area contributed by atoms with Crippen LogP contribution in [0.15, 0.2) is 41.3 Å². The van der Waals surface area contributed by atoms with Crippen LogP contribution >= 0.6 is 15.9 Å². The van der Waals surface area contributed by atoms with Gasteiger partial charge in [-0.15, -0.1) is 0 Å². The van der Waals surface area contributed by atoms with Gasteiger partial charge in [-0.2, -0.15) is 0 Å². The molecule has 0 radical (unpaired) electrons. The molecule has 0 amide bonds. The third kappa shape index (κ3) is 2.19. The number of aromatic nitrogens is 3. The fourth-order valence-corrected chi connectivity index (χ4v) is 2.10. The minimum Gasteiger partial charge on any atom is -0.436 e. The maximum Gasteiger partial charge on any atom is 0.247 e. The Morgan fingerprint density at radius 2 is 2.11 bits per heavy atom. The van der Waals surface area contributed by atoms with Gasteiger partial charge in [0.2, 0.25) is 5.88 Å². The van der Waals surface area contributed by atoms with Gasteiger partial charge in [-0.1, -0.05) is 0 Å². The number of fused-ring (bicyclic) bond motifs is 1. The molecule has 2 heterocycles. The summed E-state index contributed by atoms with van der Waals surface area (Å²) in [7, 11) is 1.89. The van der Waals surface area contributed by atoms with E-state index in [2.05, 4.69) is 25.9 Å². The van der Waals surface area contributed by atoms with Crippen molar-refractivity contribution in [1.29, 1.82) is 0 Å². The van der Waals surface area contributed by atoms with Crippen molar-refractivity contribution in [2.24, 2.45) is 7.05 Å². The molecule has 0 unspecified atom stereocenters. The van der Waals surface area contributed by atoms with E-state index in [4.69, 9.17) is 4.74 Å². The van der Waals surface area contributed by atoms with Gasteiger partial charge in [-0.25, -0.2) is 14.4 Å². The SMILES string of the molecule is Cn1cnc2c(Oc3cc(F)ccc3Br)nccc21. The lowest BCUT2D eigenvalue weighted by Gasteiger charge is -2.07. The molecule has 0 saturated carbocycles. The molecule has 3 rings (SSSR count). The highest BCUT2D eigenvalue weighted by Crippen LogP contribution is 2.32. The van der Waals surface area contributed by atoms with E-state index in [0.29, 0.717) is 21.6 Å². The number of aryl methyl sites for hydroxylation is 1. The first-order chi connectivity index (χ1) is 9.15. The number of imidazole rings is 1. The zero-order valence-corrected chi connectivity index (χ0v) is 11.6. The van der Waals surface area contributed by atoms with Crippen molar-refractivity contribution < 1.29 is 9.13 Å². The van der Waals surface area contributed by atoms with Gasteiger partial charge < -0.3 is 9.30 Å². The lowest BCUT2D eigenvalue weighted by atomic mass is 10.3. The summed E-state index contributed by atoms with van der Waals surface area (Å²) in [6.45, 7) is 0. The molecular weight excluding hydrogens is 313 g/mol. The number of benzene rings is 1. The van der Waals surface area contributed by atoms with Crippen LogP contribution in [0.25, 0.3) is 11.0 Å². The van der Waals surface area contributed by atoms with Gasteiger partial charge in [0.1, 0.15) is 11.6 Å². The maximum absolute atomic E-state index is 13.2. The molecule has 0 atom stereocenters. The van der Waals surface area contributed by atoms with Crippen molar-refractivity contribution in [3.63, 3.8) is 0 Å². The van der Waals surface area contributed by atoms with E-state index in [1.54, 1.807) is 18.6 Å². The minimum absolute atomic E-state index is 0.351. The highest BCUT2D eigenvalue weighted by molar-refractivity contribution is 9.10. The molecule has 96 valence electrons. The maximum atomic E-state index is 13.2. The van der Waals surface area contributed by atoms with Crippen molar-refractivity contribution in [1.82, 2.24) is 14.5 Å². The van der Waals surface area contributed by atoms with E-state index < -0.39 is 0 Å². The Morgan fingerprint density at radius 3 is 2.95 bits per heavy atom. The van der Waals surface area contributed by atoms with Crippen molar-refractivity contribution in [2.45, 2.75) is 0 Å². The summed E-state index contributed by atoms with van der Waals surface area (Å²) in [4.78, 5) is 8.38. The molecule has 0 bridgehead atoms. The molecule has 19 heavy (non-hydrogen) atoms. The van der Waals surface area contributed by atoms with Gasteiger partial charge in [0.05, 0.1) is 16.3 Å². The molecule has 4 nitrogen and oxygen atoms in total. The highest BCUT2D eigenvalue weighted by atomic mass is 79.9. The summed E-state index contributed by atoms with van der Waals surface area (Å²) in [6.07, 6.45) is 3.31. The van der Waals surface area contributed by atoms with Gasteiger partial charge in [0.25, 0.3) is 0 Å². The highest BCUT2D eigenvalue weighted by Gasteiger charge is 2.11. The first-order valence-corrected chi connectivity index (χ1v) is 6.33. The monoisotopic (exact) mass is 321 g/mol. The van der Waals surface area contributed by atoms with Crippen LogP contribution in [0.2, 0.25) is 0 Å². The molecule has 1 aromatic carbocycles. The Bertz CT molecular complexity index is 757. The summed E-state index contributed by atoms with van der Waals surface area (Å²) in [6, 6.07) is 6.08. The van der Waals surface area contributed by atoms with Crippen LogP contribution in [0.3, 0.4) is 0 Å². The first-order valence-electron chi connectivity index (χ1n) is 5.54. The Hall–Kier alpha value is -1.95. The van der Waals surface area contributed by atoms with Gasteiger partial charge in [0.15, 0.2) is 5.52 Å². The lowest BCUT2D eigenvalue weighted by Crippen LogP contribution is -1.92. The Labute approximate surface area is 117 Å². The number of hydrogen-bond acceptors (Lipinski definition) is 3. The van der Waals surface area contributed by atoms with Crippen LogP contribution in [0, 0.1) is 5.82 Å². The first kappa shape index (κ1) is 12.1. The van der Waals surface area contributed by atoms with Crippen LogP contribution < -0.4 is 4.74 Å². The molecule has 0 aliphatic rings. The van der Waals surface area contributed by atoms with Gasteiger partial charge in [-0.05, 0) is 34.1 Å². The van der Waals surface area contributed by atoms with Crippen molar-refractivity contribution in [3.05, 3.63) is 47.1 Å². The van der Waals surface area contributed by atoms with Gasteiger partial charge >= 0.3 is 0 Å². The number of nitrogens with zero attached hydrogens (tertiary/aromatic N) is 3. The van der Waals surface area contributed by atoms with E-state index in [0.717, 1.165) is 5.52 Å². The van der Waals surface area contributed by atoms with Crippen LogP contribution in [0.1, 0.15) is 0 Å². The summed E-state index contributed by atoms with van der Waals surface area (Å²) >= 11 is 3.31. The number of hydrogen-bond donors (Lipinski definition) is 0. The van der Waals surface area contributed by atoms with E-state index in [1.165, 1.54) is 12.1 Å². The number of pyridine rings is 1. The summed E-state index contributed by atoms with van der Waals surface area (Å²) in [5.41, 5.74) is 1.54. The smallest absolute Gasteiger partial charge is 0.247 e. The van der Waals surface area contributed by atoms with E-state index in [1.807, 2.05) is 17.7 Å². The molecule has 0 N–H and O–H groups in total. The van der Waals surface area contributed by atoms with Crippen molar-refractivity contribution >= 4 is 27.0 Å². The molecule has 0 aliphatic heterocycles. The van der Waals surface area contributed by atoms with E-state index in [9.17, 15) is 4.39 Å². The third-order valence-corrected chi connectivity index (χ3v) is 3.36. The van der Waals surface area contributed by atoms with Crippen LogP contribution in [-0.2, 0) is 7.05 Å². The van der Waals surface area contributed by atoms with Gasteiger partial charge in [-0.3, -0.25) is 0 Å². The Kier molecular flexibility index (Phi) is 2.94. The normalized spacial score (nSPS) is 10.9. The van der Waals surface area contributed by atoms with Gasteiger partial charge in [0, 0.05) is 19.3 Å². The molecule has 3 aromatic rings. The van der Waals surface area contributed by atoms with E-state index >= 15 is 0 Å². The summed E-state index contributed by atoms with van der Waals surface area (Å²) < 4.78 is 21.4. The number of ether oxygens (including phenoxy) is 1. The zero-order chi connectivity index (χ0) is 13.4. The van der Waals surface area contributed by atoms with Crippen molar-refractivity contribution in [3.8, 4) is 11.6 Å². The standard InChI is InChI=1S/C13H9BrFN3O/c1-18-7-17-12-10(18)4-5-16-13(12)19-11-6-8(15)2-3-9(11)14/h2-7H,1H3. The molecule has 0 aliphatic carbocycles. The minimum atomic E-state index is -0.369. The number of rotatable bonds is 2. The average molecular weight is 322 g/mol. The molecule has 6 heteroatoms. The predicted octanol–water partition coefficient (Wildman–Crippen LogP) is 3.66. The lowest BCUT2D eigenvalue weighted by molar-refractivity contribution is 0.460. The second-order valence-electron chi connectivity index (χ2n) is 4.02. The quantitative estimate of drug-likeness (QED) is 0.723. The van der Waals surface area contributed by atoms with Crippen LogP contribution in [0.4, 0.5) is 4.39 Å². The molecule has 2 aromatic heterocycles. The Morgan fingerprint density at radius 1 is 1.26 bits per heavy atom. The summed E-state index contributed by atoms with van der Waals surface area (Å²) in [5, 5.41) is 0. The second kappa shape index (κ2) is 4.62. The molecule has 0 saturated heterocycles. The fraction of sp³-hybridized carbons (Fsp3) is 0.0769. The predicted molar refractivity (Wildman–Crippen MR) is 72.7 cm³/mol. The largest absolute Gasteiger partial charge is 0.436 e. The van der Waals surface area contributed by atoms with E-state index in [-0.39, 0.29) is 5.82 Å². The van der Waals surface area contributed by atoms with Crippen LogP contribution in [0.5, 0.6) is 11.6 Å². The molecular formula is C13H9BrFN3O. The van der Waals surface area contributed by atoms with Crippen molar-refractivity contribution in [2.75, 3.05) is 0 Å². The fourth-order valence-electron chi connectivity index (χ4n) is 1.77. The third-order valence-electron chi connectivity index (χ3n) is 2.71. The zero-order valence-electron chi connectivity index (χ0n) is 9.97. The Balaban J connectivity index is 2.08. The average Bonchev–Trinajstić information content (AvgIpc) is 2.77. The molecule has 0 fully saturated rings. The molecule has 0 spiro atoms. The number of halogens is 2. The summed E-state index contributed by atoms with van der Waals surface area (Å²) in [5.74, 6) is 0.349. The topological polar surface area (TPSA) is 39.9 Å². The second-order valence-corrected chi connectivity index (χ2v) is 4.87. The van der Waals surface area contributed by atoms with Crippen LogP contribution in [-0.4, -0.2) is 14.5 Å².